The lowest BCUT2D eigenvalue weighted by molar-refractivity contribution is -0.117. The van der Waals surface area contributed by atoms with Gasteiger partial charge in [0.1, 0.15) is 28.4 Å². The van der Waals surface area contributed by atoms with Gasteiger partial charge in [-0.25, -0.2) is 23.1 Å². The zero-order chi connectivity index (χ0) is 32.6. The monoisotopic (exact) mass is 630 g/mol. The van der Waals surface area contributed by atoms with Crippen LogP contribution in [-0.4, -0.2) is 40.0 Å². The summed E-state index contributed by atoms with van der Waals surface area (Å²) in [5, 5.41) is 15.1. The number of aliphatic hydroxyl groups is 1. The van der Waals surface area contributed by atoms with E-state index in [0.717, 1.165) is 12.8 Å². The van der Waals surface area contributed by atoms with E-state index in [9.17, 15) is 23.5 Å². The van der Waals surface area contributed by atoms with Crippen LogP contribution in [0.2, 0.25) is 0 Å². The molecule has 0 bridgehead atoms. The van der Waals surface area contributed by atoms with Gasteiger partial charge in [0.25, 0.3) is 5.91 Å². The molecule has 46 heavy (non-hydrogen) atoms. The number of oxazole rings is 1. The van der Waals surface area contributed by atoms with Gasteiger partial charge in [-0.2, -0.15) is 0 Å². The highest BCUT2D eigenvalue weighted by Gasteiger charge is 2.36. The zero-order valence-electron chi connectivity index (χ0n) is 24.6. The number of carbonyl (C=O) groups is 2. The fourth-order valence-corrected chi connectivity index (χ4v) is 5.26. The van der Waals surface area contributed by atoms with Gasteiger partial charge in [-0.3, -0.25) is 9.59 Å². The number of ether oxygens (including phenoxy) is 1. The Labute approximate surface area is 261 Å². The number of nitrogens with zero attached hydrogens (tertiary/aromatic N) is 2. The second-order valence-electron chi connectivity index (χ2n) is 11.1. The van der Waals surface area contributed by atoms with Crippen molar-refractivity contribution in [1.29, 1.82) is 0 Å². The van der Waals surface area contributed by atoms with Crippen molar-refractivity contribution < 1.29 is 37.0 Å². The van der Waals surface area contributed by atoms with Gasteiger partial charge in [0, 0.05) is 28.7 Å². The standard InChI is InChI=1S/C34H29F3N4O5/c1-2-45-31-20(14-29(38)42)13-28(41-30(31)22-15-24(36)25(37)16-23(22)35)34(44,21-6-4-3-5-7-21)17-39-32(43)19-10-11-26-27(12-19)46-33(40-26)18-8-9-18/h3-7,10-13,15-16,18,44H,2,8-9,14,17H2,1H3,(H2,38,42)(H,39,43)/t34-/m1/s1. The minimum Gasteiger partial charge on any atom is -0.491 e. The molecule has 2 amide bonds. The summed E-state index contributed by atoms with van der Waals surface area (Å²) in [5.41, 5.74) is 4.25. The van der Waals surface area contributed by atoms with E-state index in [1.807, 2.05) is 0 Å². The number of hydrogen-bond donors (Lipinski definition) is 3. The third kappa shape index (κ3) is 6.03. The Morgan fingerprint density at radius 3 is 2.46 bits per heavy atom. The highest BCUT2D eigenvalue weighted by Crippen LogP contribution is 2.41. The highest BCUT2D eigenvalue weighted by atomic mass is 19.2. The molecule has 0 aliphatic heterocycles. The quantitative estimate of drug-likeness (QED) is 0.169. The molecule has 1 aliphatic carbocycles. The molecular weight excluding hydrogens is 601 g/mol. The molecule has 0 unspecified atom stereocenters. The normalized spacial score (nSPS) is 14.2. The molecule has 1 saturated carbocycles. The van der Waals surface area contributed by atoms with E-state index in [1.165, 1.54) is 6.07 Å². The molecule has 9 nitrogen and oxygen atoms in total. The van der Waals surface area contributed by atoms with Gasteiger partial charge in [0.15, 0.2) is 23.1 Å². The zero-order valence-corrected chi connectivity index (χ0v) is 24.6. The Balaban J connectivity index is 1.44. The lowest BCUT2D eigenvalue weighted by atomic mass is 9.87. The number of rotatable bonds is 11. The largest absolute Gasteiger partial charge is 0.491 e. The van der Waals surface area contributed by atoms with Crippen LogP contribution in [-0.2, 0) is 16.8 Å². The van der Waals surface area contributed by atoms with Gasteiger partial charge in [0.05, 0.1) is 25.3 Å². The predicted octanol–water partition coefficient (Wildman–Crippen LogP) is 5.28. The first-order valence-electron chi connectivity index (χ1n) is 14.6. The molecule has 6 rings (SSSR count). The van der Waals surface area contributed by atoms with E-state index in [2.05, 4.69) is 15.3 Å². The molecule has 1 aliphatic rings. The maximum Gasteiger partial charge on any atom is 0.251 e. The number of nitrogens with two attached hydrogens (primary N) is 1. The Kier molecular flexibility index (Phi) is 8.22. The van der Waals surface area contributed by atoms with Crippen LogP contribution in [0.15, 0.2) is 71.1 Å². The summed E-state index contributed by atoms with van der Waals surface area (Å²) < 4.78 is 55.0. The van der Waals surface area contributed by atoms with Crippen molar-refractivity contribution in [3.8, 4) is 17.0 Å². The minimum absolute atomic E-state index is 0.0434. The van der Waals surface area contributed by atoms with Gasteiger partial charge < -0.3 is 25.3 Å². The Bertz CT molecular complexity index is 1960. The van der Waals surface area contributed by atoms with Gasteiger partial charge >= 0.3 is 0 Å². The third-order valence-electron chi connectivity index (χ3n) is 7.74. The smallest absolute Gasteiger partial charge is 0.251 e. The molecule has 4 N–H and O–H groups in total. The number of aromatic nitrogens is 2. The summed E-state index contributed by atoms with van der Waals surface area (Å²) in [6, 6.07) is 15.4. The number of amides is 2. The number of primary amides is 1. The van der Waals surface area contributed by atoms with Crippen molar-refractivity contribution in [1.82, 2.24) is 15.3 Å². The number of nitrogens with one attached hydrogen (secondary N) is 1. The van der Waals surface area contributed by atoms with Gasteiger partial charge in [0.2, 0.25) is 5.91 Å². The molecular formula is C34H29F3N4O5. The molecule has 0 saturated heterocycles. The Hall–Kier alpha value is -5.23. The van der Waals surface area contributed by atoms with Crippen LogP contribution in [0, 0.1) is 17.5 Å². The molecule has 0 radical (unpaired) electrons. The first kappa shape index (κ1) is 30.8. The van der Waals surface area contributed by atoms with Crippen molar-refractivity contribution in [2.24, 2.45) is 5.73 Å². The number of carbonyl (C=O) groups excluding carboxylic acids is 2. The summed E-state index contributed by atoms with van der Waals surface area (Å²) in [7, 11) is 0. The predicted molar refractivity (Wildman–Crippen MR) is 161 cm³/mol. The molecule has 236 valence electrons. The topological polar surface area (TPSA) is 141 Å². The van der Waals surface area contributed by atoms with Gasteiger partial charge in [-0.05, 0) is 55.7 Å². The summed E-state index contributed by atoms with van der Waals surface area (Å²) in [6.45, 7) is 1.24. The van der Waals surface area contributed by atoms with Crippen LogP contribution in [0.4, 0.5) is 13.2 Å². The number of pyridine rings is 1. The average molecular weight is 631 g/mol. The fraction of sp³-hybridized carbons (Fsp3) is 0.235. The van der Waals surface area contributed by atoms with Crippen molar-refractivity contribution in [2.45, 2.75) is 37.7 Å². The second-order valence-corrected chi connectivity index (χ2v) is 11.1. The molecule has 2 heterocycles. The molecule has 1 atom stereocenters. The average Bonchev–Trinajstić information content (AvgIpc) is 3.80. The molecule has 3 aromatic carbocycles. The number of fused-ring (bicyclic) bond motifs is 1. The van der Waals surface area contributed by atoms with Gasteiger partial charge in [-0.15, -0.1) is 0 Å². The van der Waals surface area contributed by atoms with E-state index < -0.39 is 53.4 Å². The SMILES string of the molecule is CCOc1c(CC(N)=O)cc([C@@](O)(CNC(=O)c2ccc3nc(C4CC4)oc3c2)c2ccccc2)nc1-c1cc(F)c(F)cc1F. The molecule has 0 spiro atoms. The third-order valence-corrected chi connectivity index (χ3v) is 7.74. The number of halogens is 3. The first-order chi connectivity index (χ1) is 22.1. The van der Waals surface area contributed by atoms with Gasteiger partial charge in [-0.1, -0.05) is 30.3 Å². The maximum absolute atomic E-state index is 15.2. The van der Waals surface area contributed by atoms with Crippen LogP contribution in [0.25, 0.3) is 22.4 Å². The highest BCUT2D eigenvalue weighted by molar-refractivity contribution is 5.97. The van der Waals surface area contributed by atoms with E-state index in [1.54, 1.807) is 55.5 Å². The fourth-order valence-electron chi connectivity index (χ4n) is 5.26. The summed E-state index contributed by atoms with van der Waals surface area (Å²) in [4.78, 5) is 34.5. The van der Waals surface area contributed by atoms with Crippen LogP contribution >= 0.6 is 0 Å². The minimum atomic E-state index is -2.08. The lowest BCUT2D eigenvalue weighted by Crippen LogP contribution is -2.42. The van der Waals surface area contributed by atoms with Crippen LogP contribution in [0.3, 0.4) is 0 Å². The number of hydrogen-bond acceptors (Lipinski definition) is 7. The number of benzene rings is 3. The van der Waals surface area contributed by atoms with Crippen LogP contribution in [0.1, 0.15) is 58.8 Å². The second kappa shape index (κ2) is 12.3. The molecule has 12 heteroatoms. The maximum atomic E-state index is 15.2. The van der Waals surface area contributed by atoms with E-state index in [-0.39, 0.29) is 46.4 Å². The van der Waals surface area contributed by atoms with Crippen LogP contribution in [0.5, 0.6) is 5.75 Å². The summed E-state index contributed by atoms with van der Waals surface area (Å²) in [5.74, 6) is -4.41. The summed E-state index contributed by atoms with van der Waals surface area (Å²) in [6.07, 6.45) is 1.59. The van der Waals surface area contributed by atoms with Crippen molar-refractivity contribution in [3.63, 3.8) is 0 Å². The summed E-state index contributed by atoms with van der Waals surface area (Å²) >= 11 is 0. The van der Waals surface area contributed by atoms with Crippen LogP contribution < -0.4 is 15.8 Å². The van der Waals surface area contributed by atoms with E-state index in [4.69, 9.17) is 14.9 Å². The first-order valence-corrected chi connectivity index (χ1v) is 14.6. The van der Waals surface area contributed by atoms with Crippen molar-refractivity contribution in [2.75, 3.05) is 13.2 Å². The molecule has 2 aromatic heterocycles. The molecule has 1 fully saturated rings. The van der Waals surface area contributed by atoms with Crippen molar-refractivity contribution >= 4 is 22.9 Å². The Morgan fingerprint density at radius 1 is 1.02 bits per heavy atom. The van der Waals surface area contributed by atoms with Crippen molar-refractivity contribution in [3.05, 3.63) is 112 Å². The lowest BCUT2D eigenvalue weighted by Gasteiger charge is -2.30. The van der Waals surface area contributed by atoms with E-state index >= 15 is 4.39 Å². The Morgan fingerprint density at radius 2 is 1.76 bits per heavy atom. The molecule has 5 aromatic rings. The van der Waals surface area contributed by atoms with E-state index in [0.29, 0.717) is 29.1 Å².